The molecule has 4 nitrogen and oxygen atoms in total. The summed E-state index contributed by atoms with van der Waals surface area (Å²) in [5, 5.41) is 2.24. The molecular weight excluding hydrogens is 324 g/mol. The lowest BCUT2D eigenvalue weighted by Crippen LogP contribution is -1.97. The van der Waals surface area contributed by atoms with Gasteiger partial charge in [-0.1, -0.05) is 23.4 Å². The van der Waals surface area contributed by atoms with E-state index in [0.717, 1.165) is 17.9 Å². The summed E-state index contributed by atoms with van der Waals surface area (Å²) >= 11 is 9.16. The molecule has 21 heavy (non-hydrogen) atoms. The smallest absolute Gasteiger partial charge is 0.190 e. The van der Waals surface area contributed by atoms with Gasteiger partial charge in [-0.05, 0) is 30.9 Å². The van der Waals surface area contributed by atoms with Gasteiger partial charge in [0.05, 0.1) is 4.70 Å². The molecule has 0 aliphatic heterocycles. The van der Waals surface area contributed by atoms with Gasteiger partial charge in [-0.2, -0.15) is 0 Å². The van der Waals surface area contributed by atoms with E-state index in [1.165, 1.54) is 26.7 Å². The lowest BCUT2D eigenvalue weighted by atomic mass is 10.2. The Bertz CT molecular complexity index is 767. The Morgan fingerprint density at radius 3 is 2.95 bits per heavy atom. The average molecular weight is 337 g/mol. The minimum absolute atomic E-state index is 0.373. The topological polar surface area (TPSA) is 64.7 Å². The number of hydrogen-bond acceptors (Lipinski definition) is 6. The molecule has 0 saturated heterocycles. The van der Waals surface area contributed by atoms with Crippen molar-refractivity contribution in [2.75, 3.05) is 11.5 Å². The van der Waals surface area contributed by atoms with Gasteiger partial charge in [-0.3, -0.25) is 4.98 Å². The fraction of sp³-hybridized carbons (Fsp3) is 0.214. The molecular formula is C14H13ClN4S2. The van der Waals surface area contributed by atoms with Gasteiger partial charge in [0.2, 0.25) is 0 Å². The molecule has 7 heteroatoms. The van der Waals surface area contributed by atoms with Crippen molar-refractivity contribution in [1.29, 1.82) is 0 Å². The Morgan fingerprint density at radius 2 is 2.14 bits per heavy atom. The Kier molecular flexibility index (Phi) is 4.28. The highest BCUT2D eigenvalue weighted by Crippen LogP contribution is 2.25. The SMILES string of the molecule is Cc1cc2cc(CCSc3nc(N)cc(Cl)n3)ncc2s1. The first-order valence-electron chi connectivity index (χ1n) is 6.38. The van der Waals surface area contributed by atoms with Crippen molar-refractivity contribution in [3.63, 3.8) is 0 Å². The molecule has 2 N–H and O–H groups in total. The zero-order valence-electron chi connectivity index (χ0n) is 11.3. The van der Waals surface area contributed by atoms with Crippen LogP contribution in [-0.4, -0.2) is 20.7 Å². The van der Waals surface area contributed by atoms with E-state index in [0.29, 0.717) is 16.1 Å². The quantitative estimate of drug-likeness (QED) is 0.443. The fourth-order valence-corrected chi connectivity index (χ4v) is 3.93. The van der Waals surface area contributed by atoms with E-state index in [2.05, 4.69) is 34.0 Å². The standard InChI is InChI=1S/C14H13ClN4S2/c1-8-4-9-5-10(17-7-11(9)21-8)2-3-20-14-18-12(15)6-13(16)19-14/h4-7H,2-3H2,1H3,(H2,16,18,19). The molecule has 3 aromatic heterocycles. The summed E-state index contributed by atoms with van der Waals surface area (Å²) in [5.74, 6) is 1.23. The van der Waals surface area contributed by atoms with Crippen LogP contribution in [0.25, 0.3) is 10.1 Å². The zero-order valence-corrected chi connectivity index (χ0v) is 13.7. The molecule has 0 bridgehead atoms. The van der Waals surface area contributed by atoms with E-state index in [-0.39, 0.29) is 0 Å². The Labute approximate surface area is 135 Å². The first-order valence-corrected chi connectivity index (χ1v) is 8.56. The van der Waals surface area contributed by atoms with Gasteiger partial charge >= 0.3 is 0 Å². The van der Waals surface area contributed by atoms with Crippen LogP contribution in [0.4, 0.5) is 5.82 Å². The number of halogens is 1. The van der Waals surface area contributed by atoms with Crippen LogP contribution < -0.4 is 5.73 Å². The maximum absolute atomic E-state index is 5.86. The number of aromatic nitrogens is 3. The molecule has 108 valence electrons. The maximum atomic E-state index is 5.86. The van der Waals surface area contributed by atoms with Gasteiger partial charge in [0, 0.05) is 28.6 Å². The van der Waals surface area contributed by atoms with E-state index < -0.39 is 0 Å². The van der Waals surface area contributed by atoms with Crippen LogP contribution in [0.2, 0.25) is 5.15 Å². The third-order valence-electron chi connectivity index (χ3n) is 2.87. The first kappa shape index (κ1) is 14.6. The lowest BCUT2D eigenvalue weighted by molar-refractivity contribution is 0.969. The van der Waals surface area contributed by atoms with Crippen molar-refractivity contribution in [2.24, 2.45) is 0 Å². The minimum Gasteiger partial charge on any atom is -0.384 e. The van der Waals surface area contributed by atoms with Crippen molar-refractivity contribution in [3.05, 3.63) is 40.1 Å². The van der Waals surface area contributed by atoms with Crippen molar-refractivity contribution >= 4 is 50.6 Å². The summed E-state index contributed by atoms with van der Waals surface area (Å²) in [6.07, 6.45) is 2.80. The number of aryl methyl sites for hydroxylation is 2. The number of thiophene rings is 1. The predicted octanol–water partition coefficient (Wildman–Crippen LogP) is 3.97. The van der Waals surface area contributed by atoms with E-state index in [1.807, 2.05) is 6.20 Å². The Hall–Kier alpha value is -1.37. The predicted molar refractivity (Wildman–Crippen MR) is 90.2 cm³/mol. The normalized spacial score (nSPS) is 11.1. The van der Waals surface area contributed by atoms with Gasteiger partial charge in [0.25, 0.3) is 0 Å². The van der Waals surface area contributed by atoms with E-state index in [4.69, 9.17) is 17.3 Å². The summed E-state index contributed by atoms with van der Waals surface area (Å²) < 4.78 is 1.23. The largest absolute Gasteiger partial charge is 0.384 e. The fourth-order valence-electron chi connectivity index (χ4n) is 1.99. The second-order valence-electron chi connectivity index (χ2n) is 4.57. The van der Waals surface area contributed by atoms with Crippen LogP contribution in [0.5, 0.6) is 0 Å². The molecule has 0 aliphatic carbocycles. The molecule has 0 fully saturated rings. The molecule has 0 aliphatic rings. The van der Waals surface area contributed by atoms with E-state index in [9.17, 15) is 0 Å². The molecule has 0 spiro atoms. The highest BCUT2D eigenvalue weighted by atomic mass is 35.5. The van der Waals surface area contributed by atoms with Gasteiger partial charge in [0.1, 0.15) is 11.0 Å². The Morgan fingerprint density at radius 1 is 1.29 bits per heavy atom. The van der Waals surface area contributed by atoms with Gasteiger partial charge in [-0.25, -0.2) is 9.97 Å². The van der Waals surface area contributed by atoms with Crippen LogP contribution in [0.15, 0.2) is 29.6 Å². The van der Waals surface area contributed by atoms with Crippen LogP contribution in [0.1, 0.15) is 10.6 Å². The van der Waals surface area contributed by atoms with Gasteiger partial charge < -0.3 is 5.73 Å². The van der Waals surface area contributed by atoms with Crippen molar-refractivity contribution in [2.45, 2.75) is 18.5 Å². The first-order chi connectivity index (χ1) is 10.1. The molecule has 0 atom stereocenters. The summed E-state index contributed by atoms with van der Waals surface area (Å²) in [7, 11) is 0. The van der Waals surface area contributed by atoms with Crippen LogP contribution in [0, 0.1) is 6.92 Å². The third kappa shape index (κ3) is 3.64. The number of nitrogens with zero attached hydrogens (tertiary/aromatic N) is 3. The van der Waals surface area contributed by atoms with Crippen LogP contribution in [-0.2, 0) is 6.42 Å². The summed E-state index contributed by atoms with van der Waals surface area (Å²) in [6.45, 7) is 2.11. The van der Waals surface area contributed by atoms with E-state index in [1.54, 1.807) is 17.4 Å². The maximum Gasteiger partial charge on any atom is 0.190 e. The second-order valence-corrected chi connectivity index (χ2v) is 7.30. The highest BCUT2D eigenvalue weighted by Gasteiger charge is 2.05. The summed E-state index contributed by atoms with van der Waals surface area (Å²) in [6, 6.07) is 5.88. The lowest BCUT2D eigenvalue weighted by Gasteiger charge is -2.02. The summed E-state index contributed by atoms with van der Waals surface area (Å²) in [5.41, 5.74) is 6.72. The number of fused-ring (bicyclic) bond motifs is 1. The molecule has 3 rings (SSSR count). The molecule has 0 aromatic carbocycles. The Balaban J connectivity index is 1.65. The number of thioether (sulfide) groups is 1. The minimum atomic E-state index is 0.373. The number of rotatable bonds is 4. The number of pyridine rings is 1. The number of nitrogens with two attached hydrogens (primary N) is 1. The van der Waals surface area contributed by atoms with Crippen LogP contribution in [0.3, 0.4) is 0 Å². The van der Waals surface area contributed by atoms with Crippen LogP contribution >= 0.6 is 34.7 Å². The molecule has 3 aromatic rings. The van der Waals surface area contributed by atoms with Gasteiger partial charge in [-0.15, -0.1) is 11.3 Å². The zero-order chi connectivity index (χ0) is 14.8. The van der Waals surface area contributed by atoms with Crippen molar-refractivity contribution in [1.82, 2.24) is 15.0 Å². The van der Waals surface area contributed by atoms with Gasteiger partial charge in [0.15, 0.2) is 5.16 Å². The molecule has 3 heterocycles. The highest BCUT2D eigenvalue weighted by molar-refractivity contribution is 7.99. The molecule has 0 amide bonds. The monoisotopic (exact) mass is 336 g/mol. The average Bonchev–Trinajstić information content (AvgIpc) is 2.77. The van der Waals surface area contributed by atoms with Crippen molar-refractivity contribution in [3.8, 4) is 0 Å². The number of hydrogen-bond donors (Lipinski definition) is 1. The molecule has 0 unspecified atom stereocenters. The van der Waals surface area contributed by atoms with Crippen molar-refractivity contribution < 1.29 is 0 Å². The summed E-state index contributed by atoms with van der Waals surface area (Å²) in [4.78, 5) is 14.1. The van der Waals surface area contributed by atoms with E-state index >= 15 is 0 Å². The number of anilines is 1. The molecule has 0 saturated carbocycles. The molecule has 0 radical (unpaired) electrons. The second kappa shape index (κ2) is 6.17. The number of nitrogen functional groups attached to an aromatic ring is 1. The third-order valence-corrected chi connectivity index (χ3v) is 4.91.